The Morgan fingerprint density at radius 1 is 1.50 bits per heavy atom. The Bertz CT molecular complexity index is 218. The minimum Gasteiger partial charge on any atom is -0.356 e. The molecule has 0 aromatic heterocycles. The van der Waals surface area contributed by atoms with Crippen LogP contribution in [0.25, 0.3) is 0 Å². The average Bonchev–Trinajstić information content (AvgIpc) is 2.19. The molecule has 0 saturated carbocycles. The maximum absolute atomic E-state index is 11.3. The van der Waals surface area contributed by atoms with Crippen LogP contribution >= 0.6 is 0 Å². The van der Waals surface area contributed by atoms with Crippen LogP contribution in [-0.4, -0.2) is 12.5 Å². The van der Waals surface area contributed by atoms with E-state index in [1.807, 2.05) is 13.8 Å². The summed E-state index contributed by atoms with van der Waals surface area (Å²) in [5, 5.41) is 2.95. The SMILES string of the molecule is CC(C)C(=O)NCCC1=CCCCC1. The Labute approximate surface area is 86.8 Å². The Hall–Kier alpha value is -0.790. The largest absolute Gasteiger partial charge is 0.356 e. The van der Waals surface area contributed by atoms with Crippen molar-refractivity contribution in [2.75, 3.05) is 6.54 Å². The fourth-order valence-electron chi connectivity index (χ4n) is 1.68. The number of allylic oxidation sites excluding steroid dienone is 1. The van der Waals surface area contributed by atoms with Gasteiger partial charge in [-0.25, -0.2) is 0 Å². The second-order valence-electron chi connectivity index (χ2n) is 4.30. The number of hydrogen-bond acceptors (Lipinski definition) is 1. The first-order chi connectivity index (χ1) is 6.70. The third-order valence-electron chi connectivity index (χ3n) is 2.65. The molecule has 1 amide bonds. The third kappa shape index (κ3) is 3.95. The Kier molecular flexibility index (Phi) is 4.71. The average molecular weight is 195 g/mol. The number of amides is 1. The van der Waals surface area contributed by atoms with Crippen LogP contribution < -0.4 is 5.32 Å². The van der Waals surface area contributed by atoms with Crippen LogP contribution in [0.2, 0.25) is 0 Å². The van der Waals surface area contributed by atoms with Crippen LogP contribution in [0.5, 0.6) is 0 Å². The summed E-state index contributed by atoms with van der Waals surface area (Å²) < 4.78 is 0. The molecule has 2 nitrogen and oxygen atoms in total. The van der Waals surface area contributed by atoms with Crippen molar-refractivity contribution in [2.45, 2.75) is 46.0 Å². The summed E-state index contributed by atoms with van der Waals surface area (Å²) in [6.07, 6.45) is 8.50. The van der Waals surface area contributed by atoms with E-state index in [9.17, 15) is 4.79 Å². The Balaban J connectivity index is 2.14. The highest BCUT2D eigenvalue weighted by Gasteiger charge is 2.07. The molecular formula is C12H21NO. The van der Waals surface area contributed by atoms with E-state index in [1.54, 1.807) is 0 Å². The molecule has 1 rings (SSSR count). The molecule has 1 aliphatic carbocycles. The number of rotatable bonds is 4. The lowest BCUT2D eigenvalue weighted by Crippen LogP contribution is -2.28. The number of hydrogen-bond donors (Lipinski definition) is 1. The van der Waals surface area contributed by atoms with Gasteiger partial charge in [-0.15, -0.1) is 0 Å². The van der Waals surface area contributed by atoms with Gasteiger partial charge in [0.05, 0.1) is 0 Å². The summed E-state index contributed by atoms with van der Waals surface area (Å²) in [7, 11) is 0. The zero-order chi connectivity index (χ0) is 10.4. The van der Waals surface area contributed by atoms with Crippen molar-refractivity contribution in [1.82, 2.24) is 5.32 Å². The molecule has 0 aliphatic heterocycles. The number of carbonyl (C=O) groups excluding carboxylic acids is 1. The van der Waals surface area contributed by atoms with Gasteiger partial charge in [0.2, 0.25) is 5.91 Å². The lowest BCUT2D eigenvalue weighted by molar-refractivity contribution is -0.123. The normalized spacial score (nSPS) is 16.6. The predicted octanol–water partition coefficient (Wildman–Crippen LogP) is 2.65. The summed E-state index contributed by atoms with van der Waals surface area (Å²) in [6, 6.07) is 0. The monoisotopic (exact) mass is 195 g/mol. The molecule has 1 aliphatic rings. The van der Waals surface area contributed by atoms with Crippen molar-refractivity contribution in [2.24, 2.45) is 5.92 Å². The van der Waals surface area contributed by atoms with E-state index in [2.05, 4.69) is 11.4 Å². The molecule has 0 fully saturated rings. The minimum absolute atomic E-state index is 0.107. The predicted molar refractivity (Wildman–Crippen MR) is 59.0 cm³/mol. The minimum atomic E-state index is 0.107. The molecule has 0 aromatic carbocycles. The van der Waals surface area contributed by atoms with Crippen LogP contribution in [0, 0.1) is 5.92 Å². The van der Waals surface area contributed by atoms with Crippen molar-refractivity contribution >= 4 is 5.91 Å². The zero-order valence-corrected chi connectivity index (χ0v) is 9.31. The van der Waals surface area contributed by atoms with Crippen LogP contribution in [-0.2, 0) is 4.79 Å². The molecular weight excluding hydrogens is 174 g/mol. The van der Waals surface area contributed by atoms with E-state index < -0.39 is 0 Å². The second-order valence-corrected chi connectivity index (χ2v) is 4.30. The molecule has 14 heavy (non-hydrogen) atoms. The van der Waals surface area contributed by atoms with Gasteiger partial charge in [0, 0.05) is 12.5 Å². The van der Waals surface area contributed by atoms with E-state index in [1.165, 1.54) is 31.3 Å². The lowest BCUT2D eigenvalue weighted by Gasteiger charge is -2.13. The molecule has 0 saturated heterocycles. The number of nitrogens with one attached hydrogen (secondary N) is 1. The molecule has 0 spiro atoms. The van der Waals surface area contributed by atoms with Gasteiger partial charge >= 0.3 is 0 Å². The first-order valence-electron chi connectivity index (χ1n) is 5.66. The molecule has 0 radical (unpaired) electrons. The first kappa shape index (κ1) is 11.3. The van der Waals surface area contributed by atoms with E-state index >= 15 is 0 Å². The standard InChI is InChI=1S/C12H21NO/c1-10(2)12(14)13-9-8-11-6-4-3-5-7-11/h6,10H,3-5,7-9H2,1-2H3,(H,13,14). The van der Waals surface area contributed by atoms with Gasteiger partial charge in [0.15, 0.2) is 0 Å². The van der Waals surface area contributed by atoms with Gasteiger partial charge in [-0.05, 0) is 32.1 Å². The topological polar surface area (TPSA) is 29.1 Å². The summed E-state index contributed by atoms with van der Waals surface area (Å²) in [4.78, 5) is 11.3. The summed E-state index contributed by atoms with van der Waals surface area (Å²) >= 11 is 0. The van der Waals surface area contributed by atoms with Crippen molar-refractivity contribution < 1.29 is 4.79 Å². The molecule has 0 atom stereocenters. The van der Waals surface area contributed by atoms with E-state index in [-0.39, 0.29) is 11.8 Å². The highest BCUT2D eigenvalue weighted by atomic mass is 16.1. The van der Waals surface area contributed by atoms with Gasteiger partial charge in [-0.2, -0.15) is 0 Å². The molecule has 2 heteroatoms. The van der Waals surface area contributed by atoms with Crippen LogP contribution in [0.4, 0.5) is 0 Å². The van der Waals surface area contributed by atoms with E-state index in [0.29, 0.717) is 0 Å². The quantitative estimate of drug-likeness (QED) is 0.686. The molecule has 80 valence electrons. The van der Waals surface area contributed by atoms with E-state index in [4.69, 9.17) is 0 Å². The summed E-state index contributed by atoms with van der Waals surface area (Å²) in [6.45, 7) is 4.66. The van der Waals surface area contributed by atoms with Crippen molar-refractivity contribution in [3.8, 4) is 0 Å². The van der Waals surface area contributed by atoms with Crippen molar-refractivity contribution in [3.63, 3.8) is 0 Å². The zero-order valence-electron chi connectivity index (χ0n) is 9.31. The maximum Gasteiger partial charge on any atom is 0.222 e. The van der Waals surface area contributed by atoms with Crippen LogP contribution in [0.15, 0.2) is 11.6 Å². The van der Waals surface area contributed by atoms with E-state index in [0.717, 1.165) is 13.0 Å². The summed E-state index contributed by atoms with van der Waals surface area (Å²) in [5.74, 6) is 0.275. The van der Waals surface area contributed by atoms with Gasteiger partial charge in [0.25, 0.3) is 0 Å². The van der Waals surface area contributed by atoms with Crippen LogP contribution in [0.1, 0.15) is 46.0 Å². The maximum atomic E-state index is 11.3. The smallest absolute Gasteiger partial charge is 0.222 e. The third-order valence-corrected chi connectivity index (χ3v) is 2.65. The number of carbonyl (C=O) groups is 1. The van der Waals surface area contributed by atoms with Gasteiger partial charge in [-0.1, -0.05) is 25.5 Å². The molecule has 0 unspecified atom stereocenters. The molecule has 0 heterocycles. The van der Waals surface area contributed by atoms with Gasteiger partial charge in [-0.3, -0.25) is 4.79 Å². The lowest BCUT2D eigenvalue weighted by atomic mass is 9.97. The van der Waals surface area contributed by atoms with Crippen LogP contribution in [0.3, 0.4) is 0 Å². The molecule has 0 bridgehead atoms. The van der Waals surface area contributed by atoms with Crippen molar-refractivity contribution in [3.05, 3.63) is 11.6 Å². The summed E-state index contributed by atoms with van der Waals surface area (Å²) in [5.41, 5.74) is 1.53. The fraction of sp³-hybridized carbons (Fsp3) is 0.750. The van der Waals surface area contributed by atoms with Gasteiger partial charge in [0.1, 0.15) is 0 Å². The Morgan fingerprint density at radius 2 is 2.29 bits per heavy atom. The first-order valence-corrected chi connectivity index (χ1v) is 5.66. The fourth-order valence-corrected chi connectivity index (χ4v) is 1.68. The highest BCUT2D eigenvalue weighted by Crippen LogP contribution is 2.19. The highest BCUT2D eigenvalue weighted by molar-refractivity contribution is 5.77. The van der Waals surface area contributed by atoms with Crippen molar-refractivity contribution in [1.29, 1.82) is 0 Å². The molecule has 1 N–H and O–H groups in total. The molecule has 0 aromatic rings. The second kappa shape index (κ2) is 5.84. The van der Waals surface area contributed by atoms with Gasteiger partial charge < -0.3 is 5.32 Å². The Morgan fingerprint density at radius 3 is 2.86 bits per heavy atom.